The van der Waals surface area contributed by atoms with Gasteiger partial charge in [-0.05, 0) is 6.92 Å². The molecule has 0 amide bonds. The highest BCUT2D eigenvalue weighted by atomic mass is 16.5. The van der Waals surface area contributed by atoms with Gasteiger partial charge in [0.25, 0.3) is 0 Å². The number of ether oxygens (including phenoxy) is 3. The average Bonchev–Trinajstić information content (AvgIpc) is 2.39. The molecule has 19 heavy (non-hydrogen) atoms. The first-order valence-electron chi connectivity index (χ1n) is 6.19. The smallest absolute Gasteiger partial charge is 0.323 e. The second-order valence-corrected chi connectivity index (χ2v) is 4.26. The monoisotopic (exact) mass is 269 g/mol. The Morgan fingerprint density at radius 2 is 2.05 bits per heavy atom. The van der Waals surface area contributed by atoms with Gasteiger partial charge in [0, 0.05) is 20.2 Å². The van der Waals surface area contributed by atoms with Crippen LogP contribution < -0.4 is 15.4 Å². The van der Waals surface area contributed by atoms with Gasteiger partial charge >= 0.3 is 6.01 Å². The molecule has 1 unspecified atom stereocenters. The average molecular weight is 269 g/mol. The van der Waals surface area contributed by atoms with Crippen molar-refractivity contribution in [3.05, 3.63) is 0 Å². The van der Waals surface area contributed by atoms with Crippen molar-refractivity contribution >= 4 is 11.9 Å². The van der Waals surface area contributed by atoms with Gasteiger partial charge in [0.05, 0.1) is 19.8 Å². The third kappa shape index (κ3) is 3.90. The Morgan fingerprint density at radius 1 is 1.32 bits per heavy atom. The summed E-state index contributed by atoms with van der Waals surface area (Å²) >= 11 is 0. The zero-order valence-corrected chi connectivity index (χ0v) is 11.2. The number of nitrogen functional groups attached to an aromatic ring is 1. The summed E-state index contributed by atoms with van der Waals surface area (Å²) in [7, 11) is 1.61. The predicted octanol–water partition coefficient (Wildman–Crippen LogP) is -0.296. The number of rotatable bonds is 5. The van der Waals surface area contributed by atoms with Crippen molar-refractivity contribution in [2.75, 3.05) is 50.7 Å². The SMILES string of the molecule is COCC(C)Oc1nc(N)nc(N2CCOCC2)n1. The van der Waals surface area contributed by atoms with Crippen molar-refractivity contribution < 1.29 is 14.2 Å². The fourth-order valence-corrected chi connectivity index (χ4v) is 1.77. The Balaban J connectivity index is 2.09. The van der Waals surface area contributed by atoms with E-state index in [1.54, 1.807) is 7.11 Å². The number of anilines is 2. The van der Waals surface area contributed by atoms with Crippen LogP contribution in [-0.2, 0) is 9.47 Å². The Hall–Kier alpha value is -1.67. The van der Waals surface area contributed by atoms with Crippen LogP contribution >= 0.6 is 0 Å². The molecular weight excluding hydrogens is 250 g/mol. The molecule has 0 radical (unpaired) electrons. The molecule has 2 N–H and O–H groups in total. The lowest BCUT2D eigenvalue weighted by molar-refractivity contribution is 0.0853. The molecule has 1 fully saturated rings. The van der Waals surface area contributed by atoms with Crippen molar-refractivity contribution in [2.45, 2.75) is 13.0 Å². The molecule has 0 saturated carbocycles. The first-order chi connectivity index (χ1) is 9.19. The number of morpholine rings is 1. The first-order valence-corrected chi connectivity index (χ1v) is 6.19. The quantitative estimate of drug-likeness (QED) is 0.778. The molecule has 0 aliphatic carbocycles. The van der Waals surface area contributed by atoms with Gasteiger partial charge in [0.1, 0.15) is 6.10 Å². The van der Waals surface area contributed by atoms with E-state index >= 15 is 0 Å². The van der Waals surface area contributed by atoms with E-state index in [2.05, 4.69) is 15.0 Å². The zero-order chi connectivity index (χ0) is 13.7. The highest BCUT2D eigenvalue weighted by molar-refractivity contribution is 5.36. The molecule has 8 nitrogen and oxygen atoms in total. The topological polar surface area (TPSA) is 95.6 Å². The minimum absolute atomic E-state index is 0.149. The highest BCUT2D eigenvalue weighted by Crippen LogP contribution is 2.15. The molecule has 0 spiro atoms. The standard InChI is InChI=1S/C11H19N5O3/c1-8(7-17-2)19-11-14-9(12)13-10(15-11)16-3-5-18-6-4-16/h8H,3-7H2,1-2H3,(H2,12,13,14,15). The zero-order valence-electron chi connectivity index (χ0n) is 11.2. The Morgan fingerprint density at radius 3 is 2.74 bits per heavy atom. The van der Waals surface area contributed by atoms with Gasteiger partial charge in [-0.25, -0.2) is 0 Å². The Labute approximate surface area is 111 Å². The third-order valence-corrected chi connectivity index (χ3v) is 2.62. The lowest BCUT2D eigenvalue weighted by Crippen LogP contribution is -2.37. The molecule has 0 bridgehead atoms. The van der Waals surface area contributed by atoms with Crippen molar-refractivity contribution in [2.24, 2.45) is 0 Å². The van der Waals surface area contributed by atoms with Crippen molar-refractivity contribution in [3.8, 4) is 6.01 Å². The van der Waals surface area contributed by atoms with Gasteiger partial charge in [-0.2, -0.15) is 15.0 Å². The first kappa shape index (κ1) is 13.8. The molecule has 1 atom stereocenters. The maximum atomic E-state index is 5.68. The van der Waals surface area contributed by atoms with Crippen LogP contribution in [0.25, 0.3) is 0 Å². The van der Waals surface area contributed by atoms with E-state index in [1.807, 2.05) is 11.8 Å². The molecule has 8 heteroatoms. The molecule has 2 rings (SSSR count). The summed E-state index contributed by atoms with van der Waals surface area (Å²) in [6.45, 7) is 5.10. The minimum Gasteiger partial charge on any atom is -0.458 e. The summed E-state index contributed by atoms with van der Waals surface area (Å²) in [5.41, 5.74) is 5.68. The Bertz CT molecular complexity index is 411. The molecule has 1 aliphatic heterocycles. The normalized spacial score (nSPS) is 17.3. The molecule has 2 heterocycles. The molecule has 1 aromatic heterocycles. The summed E-state index contributed by atoms with van der Waals surface area (Å²) in [6, 6.07) is 0.221. The fraction of sp³-hybridized carbons (Fsp3) is 0.727. The van der Waals surface area contributed by atoms with E-state index in [1.165, 1.54) is 0 Å². The number of hydrogen-bond donors (Lipinski definition) is 1. The molecule has 106 valence electrons. The van der Waals surface area contributed by atoms with Crippen LogP contribution in [0.4, 0.5) is 11.9 Å². The van der Waals surface area contributed by atoms with Crippen molar-refractivity contribution in [1.29, 1.82) is 0 Å². The highest BCUT2D eigenvalue weighted by Gasteiger charge is 2.17. The van der Waals surface area contributed by atoms with E-state index in [4.69, 9.17) is 19.9 Å². The lowest BCUT2D eigenvalue weighted by atomic mass is 10.4. The molecule has 1 saturated heterocycles. The van der Waals surface area contributed by atoms with Gasteiger partial charge in [-0.3, -0.25) is 0 Å². The van der Waals surface area contributed by atoms with Crippen LogP contribution in [0.3, 0.4) is 0 Å². The third-order valence-electron chi connectivity index (χ3n) is 2.62. The van der Waals surface area contributed by atoms with Crippen LogP contribution in [0.2, 0.25) is 0 Å². The number of hydrogen-bond acceptors (Lipinski definition) is 8. The van der Waals surface area contributed by atoms with Gasteiger partial charge < -0.3 is 24.8 Å². The van der Waals surface area contributed by atoms with Crippen LogP contribution in [0, 0.1) is 0 Å². The number of aromatic nitrogens is 3. The Kier molecular flexibility index (Phi) is 4.69. The number of nitrogens with zero attached hydrogens (tertiary/aromatic N) is 4. The number of nitrogens with two attached hydrogens (primary N) is 1. The van der Waals surface area contributed by atoms with Crippen LogP contribution in [0.5, 0.6) is 6.01 Å². The van der Waals surface area contributed by atoms with E-state index in [0.717, 1.165) is 13.1 Å². The van der Waals surface area contributed by atoms with E-state index < -0.39 is 0 Å². The molecule has 1 aliphatic rings. The van der Waals surface area contributed by atoms with Gasteiger partial charge in [-0.1, -0.05) is 0 Å². The predicted molar refractivity (Wildman–Crippen MR) is 69.2 cm³/mol. The largest absolute Gasteiger partial charge is 0.458 e. The second-order valence-electron chi connectivity index (χ2n) is 4.26. The van der Waals surface area contributed by atoms with E-state index in [9.17, 15) is 0 Å². The van der Waals surface area contributed by atoms with Crippen molar-refractivity contribution in [3.63, 3.8) is 0 Å². The summed E-state index contributed by atoms with van der Waals surface area (Å²) in [4.78, 5) is 14.4. The minimum atomic E-state index is -0.149. The molecule has 1 aromatic rings. The van der Waals surface area contributed by atoms with Gasteiger partial charge in [0.2, 0.25) is 11.9 Å². The van der Waals surface area contributed by atoms with Gasteiger partial charge in [-0.15, -0.1) is 0 Å². The van der Waals surface area contributed by atoms with Crippen LogP contribution in [-0.4, -0.2) is 61.1 Å². The summed E-state index contributed by atoms with van der Waals surface area (Å²) in [5.74, 6) is 0.673. The van der Waals surface area contributed by atoms with E-state index in [-0.39, 0.29) is 18.1 Å². The van der Waals surface area contributed by atoms with Crippen molar-refractivity contribution in [1.82, 2.24) is 15.0 Å². The summed E-state index contributed by atoms with van der Waals surface area (Å²) < 4.78 is 15.8. The summed E-state index contributed by atoms with van der Waals surface area (Å²) in [5, 5.41) is 0. The lowest BCUT2D eigenvalue weighted by Gasteiger charge is -2.26. The molecular formula is C11H19N5O3. The van der Waals surface area contributed by atoms with Crippen LogP contribution in [0.15, 0.2) is 0 Å². The van der Waals surface area contributed by atoms with Gasteiger partial charge in [0.15, 0.2) is 0 Å². The second kappa shape index (κ2) is 6.48. The maximum Gasteiger partial charge on any atom is 0.323 e. The summed E-state index contributed by atoms with van der Waals surface area (Å²) in [6.07, 6.45) is -0.149. The maximum absolute atomic E-state index is 5.68. The van der Waals surface area contributed by atoms with E-state index in [0.29, 0.717) is 25.8 Å². The fourth-order valence-electron chi connectivity index (χ4n) is 1.77. The molecule has 0 aromatic carbocycles. The van der Waals surface area contributed by atoms with Crippen LogP contribution in [0.1, 0.15) is 6.92 Å². The number of methoxy groups -OCH3 is 1.